The molecule has 2 rings (SSSR count). The normalized spacial score (nSPS) is 10.7. The van der Waals surface area contributed by atoms with Gasteiger partial charge in [-0.05, 0) is 36.4 Å². The van der Waals surface area contributed by atoms with Gasteiger partial charge in [0.15, 0.2) is 12.4 Å². The molecule has 0 saturated heterocycles. The van der Waals surface area contributed by atoms with Crippen LogP contribution >= 0.6 is 0 Å². The summed E-state index contributed by atoms with van der Waals surface area (Å²) in [5.41, 5.74) is 0.0838. The van der Waals surface area contributed by atoms with E-state index >= 15 is 0 Å². The summed E-state index contributed by atoms with van der Waals surface area (Å²) >= 11 is 0. The Morgan fingerprint density at radius 3 is 2.71 bits per heavy atom. The van der Waals surface area contributed by atoms with E-state index in [4.69, 9.17) is 14.3 Å². The quantitative estimate of drug-likeness (QED) is 0.625. The zero-order valence-electron chi connectivity index (χ0n) is 10.9. The smallest absolute Gasteiger partial charge is 0.341 e. The molecular weight excluding hydrogens is 276 g/mol. The lowest BCUT2D eigenvalue weighted by Crippen LogP contribution is -2.09. The number of phenols is 1. The van der Waals surface area contributed by atoms with Crippen LogP contribution in [-0.4, -0.2) is 28.6 Å². The second-order valence-corrected chi connectivity index (χ2v) is 4.07. The van der Waals surface area contributed by atoms with Crippen molar-refractivity contribution in [2.45, 2.75) is 0 Å². The van der Waals surface area contributed by atoms with E-state index in [9.17, 15) is 14.7 Å². The van der Waals surface area contributed by atoms with Gasteiger partial charge in [-0.15, -0.1) is 0 Å². The van der Waals surface area contributed by atoms with Crippen LogP contribution in [0.15, 0.2) is 47.1 Å². The Hall–Kier alpha value is -3.02. The molecule has 6 nitrogen and oxygen atoms in total. The van der Waals surface area contributed by atoms with Crippen LogP contribution < -0.4 is 4.74 Å². The van der Waals surface area contributed by atoms with Crippen molar-refractivity contribution in [3.8, 4) is 11.5 Å². The molecule has 0 aliphatic heterocycles. The van der Waals surface area contributed by atoms with Crippen LogP contribution in [0, 0.1) is 0 Å². The summed E-state index contributed by atoms with van der Waals surface area (Å²) in [4.78, 5) is 22.3. The molecule has 0 bridgehead atoms. The van der Waals surface area contributed by atoms with Crippen molar-refractivity contribution in [1.29, 1.82) is 0 Å². The first-order valence-electron chi connectivity index (χ1n) is 6.00. The van der Waals surface area contributed by atoms with Gasteiger partial charge < -0.3 is 19.4 Å². The van der Waals surface area contributed by atoms with Gasteiger partial charge in [0.05, 0.1) is 11.8 Å². The summed E-state index contributed by atoms with van der Waals surface area (Å²) < 4.78 is 9.94. The molecule has 1 aromatic heterocycles. The van der Waals surface area contributed by atoms with Crippen LogP contribution in [-0.2, 0) is 4.79 Å². The molecule has 2 N–H and O–H groups in total. The third kappa shape index (κ3) is 3.97. The van der Waals surface area contributed by atoms with Crippen LogP contribution in [0.2, 0.25) is 0 Å². The molecule has 1 heterocycles. The molecule has 6 heteroatoms. The van der Waals surface area contributed by atoms with Crippen molar-refractivity contribution < 1.29 is 29.0 Å². The molecule has 0 amide bonds. The standard InChI is InChI=1S/C15H12O6/c16-13(6-4-10-2-1-7-20-10)12-5-3-11(8-14(12)17)21-9-15(18)19/h1-8,17H,9H2,(H,18,19). The Kier molecular flexibility index (Phi) is 4.40. The number of ether oxygens (including phenoxy) is 1. The number of benzene rings is 1. The van der Waals surface area contributed by atoms with Gasteiger partial charge in [0, 0.05) is 6.07 Å². The second-order valence-electron chi connectivity index (χ2n) is 4.07. The summed E-state index contributed by atoms with van der Waals surface area (Å²) in [7, 11) is 0. The third-order valence-electron chi connectivity index (χ3n) is 2.54. The molecule has 0 radical (unpaired) electrons. The Balaban J connectivity index is 2.09. The van der Waals surface area contributed by atoms with E-state index in [1.807, 2.05) is 0 Å². The monoisotopic (exact) mass is 288 g/mol. The lowest BCUT2D eigenvalue weighted by atomic mass is 10.1. The number of carboxylic acid groups (broad SMARTS) is 1. The first-order chi connectivity index (χ1) is 10.1. The largest absolute Gasteiger partial charge is 0.507 e. The van der Waals surface area contributed by atoms with E-state index in [2.05, 4.69) is 0 Å². The minimum atomic E-state index is -1.13. The molecule has 0 spiro atoms. The molecular formula is C15H12O6. The lowest BCUT2D eigenvalue weighted by molar-refractivity contribution is -0.139. The Labute approximate surface area is 119 Å². The lowest BCUT2D eigenvalue weighted by Gasteiger charge is -2.05. The number of allylic oxidation sites excluding steroid dienone is 1. The molecule has 21 heavy (non-hydrogen) atoms. The van der Waals surface area contributed by atoms with Gasteiger partial charge in [0.2, 0.25) is 0 Å². The van der Waals surface area contributed by atoms with E-state index in [0.717, 1.165) is 0 Å². The zero-order chi connectivity index (χ0) is 15.2. The minimum absolute atomic E-state index is 0.0838. The molecule has 0 aliphatic carbocycles. The highest BCUT2D eigenvalue weighted by Crippen LogP contribution is 2.24. The molecule has 108 valence electrons. The number of phenolic OH excluding ortho intramolecular Hbond substituents is 1. The summed E-state index contributed by atoms with van der Waals surface area (Å²) in [6.45, 7) is -0.523. The maximum Gasteiger partial charge on any atom is 0.341 e. The Bertz CT molecular complexity index is 669. The summed E-state index contributed by atoms with van der Waals surface area (Å²) in [6.07, 6.45) is 4.23. The molecule has 0 atom stereocenters. The molecule has 2 aromatic rings. The number of hydrogen-bond acceptors (Lipinski definition) is 5. The van der Waals surface area contributed by atoms with Crippen molar-refractivity contribution >= 4 is 17.8 Å². The van der Waals surface area contributed by atoms with Gasteiger partial charge in [0.1, 0.15) is 17.3 Å². The SMILES string of the molecule is O=C(O)COc1ccc(C(=O)C=Cc2ccco2)c(O)c1. The maximum atomic E-state index is 11.9. The zero-order valence-corrected chi connectivity index (χ0v) is 10.9. The molecule has 1 aromatic carbocycles. The number of rotatable bonds is 6. The van der Waals surface area contributed by atoms with E-state index in [0.29, 0.717) is 5.76 Å². The average molecular weight is 288 g/mol. The van der Waals surface area contributed by atoms with Crippen LogP contribution in [0.4, 0.5) is 0 Å². The van der Waals surface area contributed by atoms with Gasteiger partial charge in [-0.2, -0.15) is 0 Å². The first-order valence-corrected chi connectivity index (χ1v) is 6.00. The number of aliphatic carboxylic acids is 1. The van der Waals surface area contributed by atoms with Gasteiger partial charge in [-0.1, -0.05) is 0 Å². The Morgan fingerprint density at radius 1 is 1.29 bits per heavy atom. The first kappa shape index (κ1) is 14.4. The highest BCUT2D eigenvalue weighted by atomic mass is 16.5. The van der Waals surface area contributed by atoms with Crippen molar-refractivity contribution in [2.75, 3.05) is 6.61 Å². The van der Waals surface area contributed by atoms with Gasteiger partial charge in [-0.25, -0.2) is 4.79 Å². The van der Waals surface area contributed by atoms with E-state index in [1.54, 1.807) is 12.1 Å². The fraction of sp³-hybridized carbons (Fsp3) is 0.0667. The van der Waals surface area contributed by atoms with Crippen LogP contribution in [0.3, 0.4) is 0 Å². The predicted molar refractivity (Wildman–Crippen MR) is 73.3 cm³/mol. The number of aromatic hydroxyl groups is 1. The third-order valence-corrected chi connectivity index (χ3v) is 2.54. The van der Waals surface area contributed by atoms with Gasteiger partial charge >= 0.3 is 5.97 Å². The summed E-state index contributed by atoms with van der Waals surface area (Å²) in [5, 5.41) is 18.3. The van der Waals surface area contributed by atoms with Crippen molar-refractivity contribution in [3.63, 3.8) is 0 Å². The molecule has 0 aliphatic rings. The van der Waals surface area contributed by atoms with Crippen molar-refractivity contribution in [2.24, 2.45) is 0 Å². The minimum Gasteiger partial charge on any atom is -0.507 e. The highest BCUT2D eigenvalue weighted by Gasteiger charge is 2.10. The number of hydrogen-bond donors (Lipinski definition) is 2. The number of carboxylic acids is 1. The van der Waals surface area contributed by atoms with Gasteiger partial charge in [0.25, 0.3) is 0 Å². The molecule has 0 saturated carbocycles. The number of carbonyl (C=O) groups excluding carboxylic acids is 1. The second kappa shape index (κ2) is 6.42. The topological polar surface area (TPSA) is 97.0 Å². The fourth-order valence-corrected chi connectivity index (χ4v) is 1.59. The van der Waals surface area contributed by atoms with E-state index < -0.39 is 18.4 Å². The summed E-state index contributed by atoms with van der Waals surface area (Å²) in [6, 6.07) is 7.34. The highest BCUT2D eigenvalue weighted by molar-refractivity contribution is 6.08. The molecule has 0 unspecified atom stereocenters. The number of ketones is 1. The van der Waals surface area contributed by atoms with Crippen LogP contribution in [0.1, 0.15) is 16.1 Å². The van der Waals surface area contributed by atoms with Crippen molar-refractivity contribution in [3.05, 3.63) is 54.0 Å². The van der Waals surface area contributed by atoms with Crippen LogP contribution in [0.25, 0.3) is 6.08 Å². The van der Waals surface area contributed by atoms with Crippen LogP contribution in [0.5, 0.6) is 11.5 Å². The van der Waals surface area contributed by atoms with Gasteiger partial charge in [-0.3, -0.25) is 4.79 Å². The maximum absolute atomic E-state index is 11.9. The van der Waals surface area contributed by atoms with E-state index in [-0.39, 0.29) is 17.1 Å². The fourth-order valence-electron chi connectivity index (χ4n) is 1.59. The predicted octanol–water partition coefficient (Wildman–Crippen LogP) is 2.34. The number of furan rings is 1. The average Bonchev–Trinajstić information content (AvgIpc) is 2.96. The van der Waals surface area contributed by atoms with Crippen molar-refractivity contribution in [1.82, 2.24) is 0 Å². The number of carbonyl (C=O) groups is 2. The summed E-state index contributed by atoms with van der Waals surface area (Å²) in [5.74, 6) is -1.14. The molecule has 0 fully saturated rings. The van der Waals surface area contributed by atoms with E-state index in [1.165, 1.54) is 36.6 Å². The Morgan fingerprint density at radius 2 is 2.10 bits per heavy atom.